The molecule has 4 rings (SSSR count). The maximum atomic E-state index is 12.4. The number of aryl methyl sites for hydroxylation is 1. The van der Waals surface area contributed by atoms with E-state index < -0.39 is 6.10 Å². The summed E-state index contributed by atoms with van der Waals surface area (Å²) in [5.41, 5.74) is 1.63. The number of anilines is 1. The van der Waals surface area contributed by atoms with Gasteiger partial charge in [0.05, 0.1) is 18.1 Å². The number of amides is 1. The van der Waals surface area contributed by atoms with Gasteiger partial charge in [0.1, 0.15) is 11.5 Å². The van der Waals surface area contributed by atoms with Gasteiger partial charge in [0, 0.05) is 0 Å². The Morgan fingerprint density at radius 3 is 2.58 bits per heavy atom. The summed E-state index contributed by atoms with van der Waals surface area (Å²) in [5.74, 6) is 1.21. The Morgan fingerprint density at radius 2 is 1.77 bits per heavy atom. The Balaban J connectivity index is 1.37. The van der Waals surface area contributed by atoms with Gasteiger partial charge in [-0.2, -0.15) is 0 Å². The monoisotopic (exact) mass is 347 g/mol. The van der Waals surface area contributed by atoms with Gasteiger partial charge in [-0.25, -0.2) is 9.97 Å². The third-order valence-corrected chi connectivity index (χ3v) is 4.06. The Hall–Kier alpha value is -3.41. The second-order valence-corrected chi connectivity index (χ2v) is 5.91. The van der Waals surface area contributed by atoms with E-state index in [2.05, 4.69) is 15.3 Å². The lowest BCUT2D eigenvalue weighted by Gasteiger charge is -2.25. The molecule has 1 N–H and O–H groups in total. The molecule has 2 heterocycles. The largest absolute Gasteiger partial charge is 0.480 e. The van der Waals surface area contributed by atoms with Crippen LogP contribution in [0.4, 0.5) is 5.69 Å². The van der Waals surface area contributed by atoms with Gasteiger partial charge in [0.15, 0.2) is 6.10 Å². The zero-order valence-corrected chi connectivity index (χ0v) is 14.0. The van der Waals surface area contributed by atoms with Crippen LogP contribution < -0.4 is 14.8 Å². The van der Waals surface area contributed by atoms with Gasteiger partial charge in [-0.1, -0.05) is 36.4 Å². The van der Waals surface area contributed by atoms with Gasteiger partial charge in [-0.3, -0.25) is 4.79 Å². The highest BCUT2D eigenvalue weighted by atomic mass is 16.5. The molecule has 26 heavy (non-hydrogen) atoms. The topological polar surface area (TPSA) is 73.3 Å². The van der Waals surface area contributed by atoms with E-state index in [0.717, 1.165) is 17.7 Å². The standard InChI is InChI=1S/C20H17N3O3/c24-19(18-11-10-14-6-4-5-9-17(14)26-18)23-15-12-21-20(22-13-15)25-16-7-2-1-3-8-16/h1-9,12-13,18H,10-11H2,(H,23,24). The number of rotatable bonds is 4. The fourth-order valence-corrected chi connectivity index (χ4v) is 2.76. The Morgan fingerprint density at radius 1 is 1.04 bits per heavy atom. The summed E-state index contributed by atoms with van der Waals surface area (Å²) < 4.78 is 11.3. The van der Waals surface area contributed by atoms with Crippen molar-refractivity contribution in [2.24, 2.45) is 0 Å². The molecule has 2 aromatic carbocycles. The maximum absolute atomic E-state index is 12.4. The van der Waals surface area contributed by atoms with E-state index in [-0.39, 0.29) is 11.9 Å². The molecule has 0 aliphatic carbocycles. The summed E-state index contributed by atoms with van der Waals surface area (Å²) in [6, 6.07) is 17.3. The number of hydrogen-bond donors (Lipinski definition) is 1. The predicted molar refractivity (Wildman–Crippen MR) is 96.4 cm³/mol. The van der Waals surface area contributed by atoms with Crippen molar-refractivity contribution >= 4 is 11.6 Å². The van der Waals surface area contributed by atoms with Crippen LogP contribution in [0.1, 0.15) is 12.0 Å². The van der Waals surface area contributed by atoms with Crippen LogP contribution in [0.2, 0.25) is 0 Å². The molecule has 1 amide bonds. The number of aromatic nitrogens is 2. The molecule has 0 spiro atoms. The molecular formula is C20H17N3O3. The Bertz CT molecular complexity index is 898. The number of carbonyl (C=O) groups excluding carboxylic acids is 1. The summed E-state index contributed by atoms with van der Waals surface area (Å²) in [5, 5.41) is 2.79. The third kappa shape index (κ3) is 3.64. The van der Waals surface area contributed by atoms with Gasteiger partial charge in [-0.15, -0.1) is 0 Å². The minimum Gasteiger partial charge on any atom is -0.480 e. The van der Waals surface area contributed by atoms with Crippen LogP contribution in [0.3, 0.4) is 0 Å². The van der Waals surface area contributed by atoms with Crippen LogP contribution in [0.15, 0.2) is 67.0 Å². The van der Waals surface area contributed by atoms with E-state index >= 15 is 0 Å². The first-order valence-corrected chi connectivity index (χ1v) is 8.38. The number of benzene rings is 2. The first-order valence-electron chi connectivity index (χ1n) is 8.38. The zero-order valence-electron chi connectivity index (χ0n) is 14.0. The molecule has 0 fully saturated rings. The van der Waals surface area contributed by atoms with Gasteiger partial charge in [0.2, 0.25) is 0 Å². The molecule has 0 bridgehead atoms. The second kappa shape index (κ2) is 7.23. The first-order chi connectivity index (χ1) is 12.8. The average Bonchev–Trinajstić information content (AvgIpc) is 2.70. The number of nitrogens with one attached hydrogen (secondary N) is 1. The Kier molecular flexibility index (Phi) is 4.47. The predicted octanol–water partition coefficient (Wildman–Crippen LogP) is 3.60. The highest BCUT2D eigenvalue weighted by Gasteiger charge is 2.26. The van der Waals surface area contributed by atoms with Crippen LogP contribution in [0.25, 0.3) is 0 Å². The average molecular weight is 347 g/mol. The molecular weight excluding hydrogens is 330 g/mol. The molecule has 0 saturated carbocycles. The van der Waals surface area contributed by atoms with Gasteiger partial charge in [0.25, 0.3) is 5.91 Å². The summed E-state index contributed by atoms with van der Waals surface area (Å²) in [6.07, 6.45) is 3.96. The lowest BCUT2D eigenvalue weighted by atomic mass is 10.0. The maximum Gasteiger partial charge on any atom is 0.322 e. The second-order valence-electron chi connectivity index (χ2n) is 5.91. The number of ether oxygens (including phenoxy) is 2. The van der Waals surface area contributed by atoms with Crippen molar-refractivity contribution in [1.29, 1.82) is 0 Å². The van der Waals surface area contributed by atoms with E-state index in [1.54, 1.807) is 0 Å². The van der Waals surface area contributed by atoms with Crippen LogP contribution >= 0.6 is 0 Å². The number of para-hydroxylation sites is 2. The van der Waals surface area contributed by atoms with Crippen molar-refractivity contribution < 1.29 is 14.3 Å². The summed E-state index contributed by atoms with van der Waals surface area (Å²) >= 11 is 0. The van der Waals surface area contributed by atoms with Crippen molar-refractivity contribution in [1.82, 2.24) is 9.97 Å². The number of nitrogens with zero attached hydrogens (tertiary/aromatic N) is 2. The molecule has 1 atom stereocenters. The van der Waals surface area contributed by atoms with Crippen molar-refractivity contribution in [3.8, 4) is 17.5 Å². The smallest absolute Gasteiger partial charge is 0.322 e. The number of carbonyl (C=O) groups is 1. The molecule has 0 saturated heterocycles. The molecule has 3 aromatic rings. The molecule has 1 aromatic heterocycles. The van der Waals surface area contributed by atoms with Crippen LogP contribution in [-0.2, 0) is 11.2 Å². The lowest BCUT2D eigenvalue weighted by Crippen LogP contribution is -2.35. The lowest BCUT2D eigenvalue weighted by molar-refractivity contribution is -0.123. The quantitative estimate of drug-likeness (QED) is 0.780. The van der Waals surface area contributed by atoms with E-state index in [1.165, 1.54) is 12.4 Å². The van der Waals surface area contributed by atoms with Crippen molar-refractivity contribution in [3.05, 3.63) is 72.6 Å². The van der Waals surface area contributed by atoms with Crippen molar-refractivity contribution in [3.63, 3.8) is 0 Å². The van der Waals surface area contributed by atoms with Crippen LogP contribution in [0, 0.1) is 0 Å². The molecule has 6 nitrogen and oxygen atoms in total. The highest BCUT2D eigenvalue weighted by Crippen LogP contribution is 2.27. The summed E-state index contributed by atoms with van der Waals surface area (Å²) in [6.45, 7) is 0. The van der Waals surface area contributed by atoms with Crippen LogP contribution in [0.5, 0.6) is 17.5 Å². The summed E-state index contributed by atoms with van der Waals surface area (Å²) in [4.78, 5) is 20.7. The molecule has 130 valence electrons. The third-order valence-electron chi connectivity index (χ3n) is 4.06. The molecule has 1 aliphatic heterocycles. The molecule has 0 radical (unpaired) electrons. The molecule has 6 heteroatoms. The fourth-order valence-electron chi connectivity index (χ4n) is 2.76. The van der Waals surface area contributed by atoms with E-state index in [9.17, 15) is 4.79 Å². The minimum atomic E-state index is -0.523. The first kappa shape index (κ1) is 16.1. The molecule has 1 aliphatic rings. The van der Waals surface area contributed by atoms with Crippen molar-refractivity contribution in [2.75, 3.05) is 5.32 Å². The van der Waals surface area contributed by atoms with Gasteiger partial charge >= 0.3 is 6.01 Å². The van der Waals surface area contributed by atoms with Gasteiger partial charge < -0.3 is 14.8 Å². The SMILES string of the molecule is O=C(Nc1cnc(Oc2ccccc2)nc1)C1CCc2ccccc2O1. The zero-order chi connectivity index (χ0) is 17.8. The molecule has 1 unspecified atom stereocenters. The number of fused-ring (bicyclic) bond motifs is 1. The summed E-state index contributed by atoms with van der Waals surface area (Å²) in [7, 11) is 0. The Labute approximate surface area is 150 Å². The fraction of sp³-hybridized carbons (Fsp3) is 0.150. The van der Waals surface area contributed by atoms with E-state index in [1.807, 2.05) is 54.6 Å². The highest BCUT2D eigenvalue weighted by molar-refractivity contribution is 5.94. The normalized spacial score (nSPS) is 15.5. The van der Waals surface area contributed by atoms with Crippen molar-refractivity contribution in [2.45, 2.75) is 18.9 Å². The van der Waals surface area contributed by atoms with Crippen LogP contribution in [-0.4, -0.2) is 22.0 Å². The number of hydrogen-bond acceptors (Lipinski definition) is 5. The minimum absolute atomic E-state index is 0.208. The van der Waals surface area contributed by atoms with E-state index in [0.29, 0.717) is 17.9 Å². The van der Waals surface area contributed by atoms with E-state index in [4.69, 9.17) is 9.47 Å². The van der Waals surface area contributed by atoms with Gasteiger partial charge in [-0.05, 0) is 36.6 Å².